The molecule has 4 N–H and O–H groups in total. The molecule has 0 saturated carbocycles. The molecule has 0 saturated heterocycles. The van der Waals surface area contributed by atoms with Gasteiger partial charge in [-0.1, -0.05) is 0 Å². The van der Waals surface area contributed by atoms with E-state index in [0.29, 0.717) is 18.7 Å². The van der Waals surface area contributed by atoms with Crippen molar-refractivity contribution in [3.8, 4) is 6.07 Å². The fraction of sp³-hybridized carbons (Fsp3) is 0.333. The second-order valence-electron chi connectivity index (χ2n) is 1.65. The van der Waals surface area contributed by atoms with Crippen LogP contribution in [0.4, 0.5) is 0 Å². The predicted octanol–water partition coefficient (Wildman–Crippen LogP) is -0.0607. The van der Waals surface area contributed by atoms with Gasteiger partial charge in [0.15, 0.2) is 0 Å². The minimum Gasteiger partial charge on any atom is -0.396 e. The fourth-order valence-corrected chi connectivity index (χ4v) is 0.360. The first kappa shape index (κ1) is 8.50. The van der Waals surface area contributed by atoms with Crippen molar-refractivity contribution in [3.63, 3.8) is 0 Å². The normalized spacial score (nSPS) is 10.1. The summed E-state index contributed by atoms with van der Waals surface area (Å²) >= 11 is 0. The molecule has 0 aromatic carbocycles. The molecular weight excluding hydrogens is 128 g/mol. The van der Waals surface area contributed by atoms with Crippen LogP contribution in [0.1, 0.15) is 6.42 Å². The lowest BCUT2D eigenvalue weighted by Gasteiger charge is -1.94. The molecule has 0 aliphatic heterocycles. The first-order valence-corrected chi connectivity index (χ1v) is 2.87. The standard InChI is InChI=1S/C6H10N4/c7-2-1-3-10-5-6(9)4-8/h4-5,8,10H,1,3,9H2/b6-5+,8-4?. The minimum atomic E-state index is 0.359. The SMILES string of the molecule is N#CCCN/C=C(/N)C=N. The lowest BCUT2D eigenvalue weighted by Crippen LogP contribution is -2.10. The number of nitrogens with one attached hydrogen (secondary N) is 2. The molecule has 10 heavy (non-hydrogen) atoms. The van der Waals surface area contributed by atoms with E-state index in [1.54, 1.807) is 0 Å². The maximum atomic E-state index is 8.10. The number of rotatable bonds is 4. The molecule has 0 aliphatic rings. The molecule has 0 bridgehead atoms. The highest BCUT2D eigenvalue weighted by Crippen LogP contribution is 1.74. The van der Waals surface area contributed by atoms with E-state index in [-0.39, 0.29) is 0 Å². The van der Waals surface area contributed by atoms with E-state index in [2.05, 4.69) is 5.32 Å². The molecule has 4 heteroatoms. The summed E-state index contributed by atoms with van der Waals surface area (Å²) in [6, 6.07) is 1.97. The Morgan fingerprint density at radius 2 is 2.50 bits per heavy atom. The minimum absolute atomic E-state index is 0.359. The zero-order valence-electron chi connectivity index (χ0n) is 5.59. The third-order valence-corrected chi connectivity index (χ3v) is 0.817. The number of nitriles is 1. The summed E-state index contributed by atoms with van der Waals surface area (Å²) < 4.78 is 0. The molecule has 0 rings (SSSR count). The Morgan fingerprint density at radius 3 is 3.00 bits per heavy atom. The van der Waals surface area contributed by atoms with Crippen LogP contribution < -0.4 is 11.1 Å². The first-order chi connectivity index (χ1) is 4.81. The molecule has 0 amide bonds. The highest BCUT2D eigenvalue weighted by Gasteiger charge is 1.80. The van der Waals surface area contributed by atoms with Crippen LogP contribution >= 0.6 is 0 Å². The highest BCUT2D eigenvalue weighted by molar-refractivity contribution is 5.73. The third-order valence-electron chi connectivity index (χ3n) is 0.817. The summed E-state index contributed by atoms with van der Waals surface area (Å²) in [6.45, 7) is 0.574. The molecule has 0 atom stereocenters. The number of allylic oxidation sites excluding steroid dienone is 1. The van der Waals surface area contributed by atoms with E-state index in [0.717, 1.165) is 6.21 Å². The van der Waals surface area contributed by atoms with Gasteiger partial charge in [0.1, 0.15) is 0 Å². The van der Waals surface area contributed by atoms with Crippen molar-refractivity contribution < 1.29 is 0 Å². The molecule has 0 radical (unpaired) electrons. The Kier molecular flexibility index (Phi) is 4.79. The monoisotopic (exact) mass is 138 g/mol. The Bertz CT molecular complexity index is 165. The van der Waals surface area contributed by atoms with E-state index in [9.17, 15) is 0 Å². The van der Waals surface area contributed by atoms with E-state index in [1.807, 2.05) is 6.07 Å². The van der Waals surface area contributed by atoms with Gasteiger partial charge in [-0.25, -0.2) is 0 Å². The molecular formula is C6H10N4. The predicted molar refractivity (Wildman–Crippen MR) is 39.3 cm³/mol. The summed E-state index contributed by atoms with van der Waals surface area (Å²) in [5.41, 5.74) is 5.59. The van der Waals surface area contributed by atoms with Crippen LogP contribution in [0.25, 0.3) is 0 Å². The summed E-state index contributed by atoms with van der Waals surface area (Å²) in [4.78, 5) is 0. The van der Waals surface area contributed by atoms with Gasteiger partial charge in [-0.2, -0.15) is 5.26 Å². The summed E-state index contributed by atoms with van der Waals surface area (Å²) in [5, 5.41) is 17.5. The lowest BCUT2D eigenvalue weighted by atomic mass is 10.4. The smallest absolute Gasteiger partial charge is 0.0652 e. The molecule has 0 fully saturated rings. The fourth-order valence-electron chi connectivity index (χ4n) is 0.360. The summed E-state index contributed by atoms with van der Waals surface area (Å²) in [5.74, 6) is 0. The van der Waals surface area contributed by atoms with Crippen molar-refractivity contribution in [1.82, 2.24) is 5.32 Å². The largest absolute Gasteiger partial charge is 0.396 e. The Balaban J connectivity index is 3.35. The van der Waals surface area contributed by atoms with E-state index < -0.39 is 0 Å². The zero-order valence-corrected chi connectivity index (χ0v) is 5.59. The first-order valence-electron chi connectivity index (χ1n) is 2.87. The Labute approximate surface area is 59.8 Å². The van der Waals surface area contributed by atoms with Gasteiger partial charge in [0, 0.05) is 19.0 Å². The van der Waals surface area contributed by atoms with Crippen LogP contribution in [0.5, 0.6) is 0 Å². The quantitative estimate of drug-likeness (QED) is 0.375. The molecule has 0 aliphatic carbocycles. The maximum Gasteiger partial charge on any atom is 0.0652 e. The Morgan fingerprint density at radius 1 is 1.80 bits per heavy atom. The molecule has 0 spiro atoms. The average Bonchev–Trinajstić information content (AvgIpc) is 1.98. The van der Waals surface area contributed by atoms with Crippen LogP contribution in [-0.2, 0) is 0 Å². The van der Waals surface area contributed by atoms with Gasteiger partial charge in [-0.05, 0) is 0 Å². The van der Waals surface area contributed by atoms with Crippen LogP contribution in [0.2, 0.25) is 0 Å². The van der Waals surface area contributed by atoms with Crippen LogP contribution in [0, 0.1) is 16.7 Å². The molecule has 54 valence electrons. The molecule has 4 nitrogen and oxygen atoms in total. The second kappa shape index (κ2) is 5.63. The zero-order chi connectivity index (χ0) is 7.82. The number of nitrogens with zero attached hydrogens (tertiary/aromatic N) is 1. The average molecular weight is 138 g/mol. The molecule has 0 heterocycles. The Hall–Kier alpha value is -1.50. The van der Waals surface area contributed by atoms with E-state index in [4.69, 9.17) is 16.4 Å². The van der Waals surface area contributed by atoms with E-state index >= 15 is 0 Å². The van der Waals surface area contributed by atoms with Gasteiger partial charge in [0.25, 0.3) is 0 Å². The number of hydrogen-bond donors (Lipinski definition) is 3. The van der Waals surface area contributed by atoms with Crippen molar-refractivity contribution in [1.29, 1.82) is 10.7 Å². The van der Waals surface area contributed by atoms with Crippen molar-refractivity contribution in [2.75, 3.05) is 6.54 Å². The highest BCUT2D eigenvalue weighted by atomic mass is 14.8. The van der Waals surface area contributed by atoms with Crippen molar-refractivity contribution in [3.05, 3.63) is 11.9 Å². The van der Waals surface area contributed by atoms with Crippen LogP contribution in [0.3, 0.4) is 0 Å². The number of hydrogen-bond acceptors (Lipinski definition) is 4. The van der Waals surface area contributed by atoms with Gasteiger partial charge in [-0.3, -0.25) is 0 Å². The van der Waals surface area contributed by atoms with Gasteiger partial charge in [0.05, 0.1) is 18.2 Å². The van der Waals surface area contributed by atoms with Crippen LogP contribution in [0.15, 0.2) is 11.9 Å². The van der Waals surface area contributed by atoms with Gasteiger partial charge in [0.2, 0.25) is 0 Å². The van der Waals surface area contributed by atoms with Gasteiger partial charge >= 0.3 is 0 Å². The number of nitrogens with two attached hydrogens (primary N) is 1. The lowest BCUT2D eigenvalue weighted by molar-refractivity contribution is 0.853. The van der Waals surface area contributed by atoms with Crippen molar-refractivity contribution in [2.45, 2.75) is 6.42 Å². The topological polar surface area (TPSA) is 85.7 Å². The van der Waals surface area contributed by atoms with Gasteiger partial charge in [-0.15, -0.1) is 0 Å². The summed E-state index contributed by atoms with van der Waals surface area (Å²) in [7, 11) is 0. The maximum absolute atomic E-state index is 8.10. The second-order valence-corrected chi connectivity index (χ2v) is 1.65. The molecule has 0 unspecified atom stereocenters. The molecule has 0 aromatic heterocycles. The van der Waals surface area contributed by atoms with Crippen LogP contribution in [-0.4, -0.2) is 12.8 Å². The van der Waals surface area contributed by atoms with Crippen molar-refractivity contribution >= 4 is 6.21 Å². The molecule has 0 aromatic rings. The van der Waals surface area contributed by atoms with Gasteiger partial charge < -0.3 is 16.5 Å². The summed E-state index contributed by atoms with van der Waals surface area (Å²) in [6.07, 6.45) is 2.99. The third kappa shape index (κ3) is 4.65. The van der Waals surface area contributed by atoms with E-state index in [1.165, 1.54) is 6.20 Å². The van der Waals surface area contributed by atoms with Crippen molar-refractivity contribution in [2.24, 2.45) is 5.73 Å².